The van der Waals surface area contributed by atoms with Crippen LogP contribution in [0.2, 0.25) is 0 Å². The minimum atomic E-state index is 0.438. The molecule has 3 rings (SSSR count). The van der Waals surface area contributed by atoms with Gasteiger partial charge in [0.25, 0.3) is 0 Å². The maximum absolute atomic E-state index is 5.78. The lowest BCUT2D eigenvalue weighted by molar-refractivity contribution is 0.102. The Hall–Kier alpha value is -1.09. The molecule has 74 valence electrons. The van der Waals surface area contributed by atoms with Crippen molar-refractivity contribution in [2.24, 2.45) is 0 Å². The normalized spacial score (nSPS) is 34.7. The summed E-state index contributed by atoms with van der Waals surface area (Å²) >= 11 is 0. The molecular formula is C11H14N2O. The molecule has 2 aliphatic rings. The van der Waals surface area contributed by atoms with Crippen LogP contribution in [-0.2, 0) is 4.74 Å². The largest absolute Gasteiger partial charge is 0.380 e. The molecule has 0 spiro atoms. The molecular weight excluding hydrogens is 176 g/mol. The van der Waals surface area contributed by atoms with Gasteiger partial charge in [-0.15, -0.1) is 0 Å². The minimum Gasteiger partial charge on any atom is -0.380 e. The SMILES string of the molecule is c1cc(NC2CC3CCC2O3)ccn1. The third-order valence-corrected chi connectivity index (χ3v) is 3.14. The molecule has 2 bridgehead atoms. The van der Waals surface area contributed by atoms with E-state index in [0.29, 0.717) is 18.2 Å². The van der Waals surface area contributed by atoms with E-state index in [1.54, 1.807) is 0 Å². The molecule has 2 fully saturated rings. The van der Waals surface area contributed by atoms with Crippen molar-refractivity contribution in [3.8, 4) is 0 Å². The van der Waals surface area contributed by atoms with Gasteiger partial charge in [0.2, 0.25) is 0 Å². The number of fused-ring (bicyclic) bond motifs is 2. The number of nitrogens with one attached hydrogen (secondary N) is 1. The molecule has 2 saturated heterocycles. The average Bonchev–Trinajstić information content (AvgIpc) is 2.81. The lowest BCUT2D eigenvalue weighted by Crippen LogP contribution is -2.30. The maximum Gasteiger partial charge on any atom is 0.0781 e. The third kappa shape index (κ3) is 1.38. The van der Waals surface area contributed by atoms with Gasteiger partial charge >= 0.3 is 0 Å². The number of nitrogens with zero attached hydrogens (tertiary/aromatic N) is 1. The highest BCUT2D eigenvalue weighted by atomic mass is 16.5. The van der Waals surface area contributed by atoms with Crippen molar-refractivity contribution in [2.45, 2.75) is 37.5 Å². The van der Waals surface area contributed by atoms with E-state index < -0.39 is 0 Å². The molecule has 3 heterocycles. The van der Waals surface area contributed by atoms with Gasteiger partial charge in [-0.25, -0.2) is 0 Å². The number of hydrogen-bond donors (Lipinski definition) is 1. The fraction of sp³-hybridized carbons (Fsp3) is 0.545. The summed E-state index contributed by atoms with van der Waals surface area (Å²) in [6.07, 6.45) is 8.21. The van der Waals surface area contributed by atoms with Crippen LogP contribution in [0.3, 0.4) is 0 Å². The summed E-state index contributed by atoms with van der Waals surface area (Å²) in [7, 11) is 0. The van der Waals surface area contributed by atoms with Gasteiger partial charge < -0.3 is 10.1 Å². The Bertz CT molecular complexity index is 314. The summed E-state index contributed by atoms with van der Waals surface area (Å²) in [5.41, 5.74) is 1.15. The first-order chi connectivity index (χ1) is 6.92. The van der Waals surface area contributed by atoms with Crippen LogP contribution in [0, 0.1) is 0 Å². The van der Waals surface area contributed by atoms with Gasteiger partial charge in [0.05, 0.1) is 18.2 Å². The molecule has 0 saturated carbocycles. The van der Waals surface area contributed by atoms with Crippen LogP contribution < -0.4 is 5.32 Å². The summed E-state index contributed by atoms with van der Waals surface area (Å²) in [5.74, 6) is 0. The Morgan fingerprint density at radius 2 is 2.14 bits per heavy atom. The summed E-state index contributed by atoms with van der Waals surface area (Å²) in [6, 6.07) is 4.52. The van der Waals surface area contributed by atoms with E-state index in [1.165, 1.54) is 12.8 Å². The molecule has 0 aromatic carbocycles. The smallest absolute Gasteiger partial charge is 0.0781 e. The summed E-state index contributed by atoms with van der Waals surface area (Å²) in [4.78, 5) is 4.00. The average molecular weight is 190 g/mol. The predicted octanol–water partition coefficient (Wildman–Crippen LogP) is 1.81. The fourth-order valence-corrected chi connectivity index (χ4v) is 2.45. The zero-order valence-corrected chi connectivity index (χ0v) is 8.02. The van der Waals surface area contributed by atoms with Crippen LogP contribution in [0.5, 0.6) is 0 Å². The first-order valence-electron chi connectivity index (χ1n) is 5.24. The number of pyridine rings is 1. The molecule has 1 aromatic heterocycles. The number of ether oxygens (including phenoxy) is 1. The van der Waals surface area contributed by atoms with Crippen molar-refractivity contribution >= 4 is 5.69 Å². The number of aromatic nitrogens is 1. The molecule has 1 N–H and O–H groups in total. The summed E-state index contributed by atoms with van der Waals surface area (Å²) in [6.45, 7) is 0. The molecule has 1 aromatic rings. The molecule has 3 nitrogen and oxygen atoms in total. The molecule has 0 amide bonds. The quantitative estimate of drug-likeness (QED) is 0.772. The standard InChI is InChI=1S/C11H14N2O/c1-2-11-10(7-9(1)14-11)13-8-3-5-12-6-4-8/h3-6,9-11H,1-2,7H2,(H,12,13). The first-order valence-corrected chi connectivity index (χ1v) is 5.24. The maximum atomic E-state index is 5.78. The monoisotopic (exact) mass is 190 g/mol. The second-order valence-electron chi connectivity index (χ2n) is 4.10. The molecule has 14 heavy (non-hydrogen) atoms. The van der Waals surface area contributed by atoms with Crippen molar-refractivity contribution in [3.05, 3.63) is 24.5 Å². The fourth-order valence-electron chi connectivity index (χ4n) is 2.45. The molecule has 2 aliphatic heterocycles. The van der Waals surface area contributed by atoms with Crippen LogP contribution in [0.25, 0.3) is 0 Å². The Morgan fingerprint density at radius 3 is 2.79 bits per heavy atom. The van der Waals surface area contributed by atoms with E-state index in [0.717, 1.165) is 12.1 Å². The second-order valence-corrected chi connectivity index (χ2v) is 4.10. The predicted molar refractivity (Wildman–Crippen MR) is 54.2 cm³/mol. The third-order valence-electron chi connectivity index (χ3n) is 3.14. The van der Waals surface area contributed by atoms with Gasteiger partial charge in [0.1, 0.15) is 0 Å². The Morgan fingerprint density at radius 1 is 1.29 bits per heavy atom. The van der Waals surface area contributed by atoms with Crippen LogP contribution in [0.15, 0.2) is 24.5 Å². The Kier molecular flexibility index (Phi) is 1.91. The van der Waals surface area contributed by atoms with Crippen LogP contribution in [-0.4, -0.2) is 23.2 Å². The van der Waals surface area contributed by atoms with E-state index in [2.05, 4.69) is 10.3 Å². The summed E-state index contributed by atoms with van der Waals surface area (Å²) < 4.78 is 5.78. The lowest BCUT2D eigenvalue weighted by atomic mass is 9.95. The number of rotatable bonds is 2. The van der Waals surface area contributed by atoms with Gasteiger partial charge in [0.15, 0.2) is 0 Å². The minimum absolute atomic E-state index is 0.438. The van der Waals surface area contributed by atoms with Crippen molar-refractivity contribution in [1.82, 2.24) is 4.98 Å². The van der Waals surface area contributed by atoms with Gasteiger partial charge in [-0.3, -0.25) is 4.98 Å². The van der Waals surface area contributed by atoms with Crippen molar-refractivity contribution < 1.29 is 4.74 Å². The van der Waals surface area contributed by atoms with E-state index in [9.17, 15) is 0 Å². The van der Waals surface area contributed by atoms with Crippen LogP contribution in [0.4, 0.5) is 5.69 Å². The van der Waals surface area contributed by atoms with E-state index in [4.69, 9.17) is 4.74 Å². The van der Waals surface area contributed by atoms with Crippen LogP contribution >= 0.6 is 0 Å². The second kappa shape index (κ2) is 3.24. The van der Waals surface area contributed by atoms with Crippen molar-refractivity contribution in [1.29, 1.82) is 0 Å². The topological polar surface area (TPSA) is 34.1 Å². The summed E-state index contributed by atoms with van der Waals surface area (Å²) in [5, 5.41) is 3.51. The lowest BCUT2D eigenvalue weighted by Gasteiger charge is -2.20. The van der Waals surface area contributed by atoms with Gasteiger partial charge in [-0.1, -0.05) is 0 Å². The van der Waals surface area contributed by atoms with E-state index >= 15 is 0 Å². The van der Waals surface area contributed by atoms with Crippen molar-refractivity contribution in [3.63, 3.8) is 0 Å². The Balaban J connectivity index is 1.69. The van der Waals surface area contributed by atoms with Gasteiger partial charge in [-0.2, -0.15) is 0 Å². The van der Waals surface area contributed by atoms with Gasteiger partial charge in [-0.05, 0) is 31.4 Å². The molecule has 3 atom stereocenters. The molecule has 3 heteroatoms. The molecule has 0 aliphatic carbocycles. The zero-order valence-electron chi connectivity index (χ0n) is 8.02. The number of hydrogen-bond acceptors (Lipinski definition) is 3. The first kappa shape index (κ1) is 8.24. The molecule has 3 unspecified atom stereocenters. The molecule has 0 radical (unpaired) electrons. The van der Waals surface area contributed by atoms with Crippen molar-refractivity contribution in [2.75, 3.05) is 5.32 Å². The highest BCUT2D eigenvalue weighted by Crippen LogP contribution is 2.35. The number of anilines is 1. The Labute approximate surface area is 83.5 Å². The van der Waals surface area contributed by atoms with Crippen LogP contribution in [0.1, 0.15) is 19.3 Å². The highest BCUT2D eigenvalue weighted by Gasteiger charge is 2.40. The zero-order chi connectivity index (χ0) is 9.38. The van der Waals surface area contributed by atoms with E-state index in [-0.39, 0.29) is 0 Å². The van der Waals surface area contributed by atoms with E-state index in [1.807, 2.05) is 24.5 Å². The van der Waals surface area contributed by atoms with Gasteiger partial charge in [0, 0.05) is 18.1 Å². The highest BCUT2D eigenvalue weighted by molar-refractivity contribution is 5.42.